The number of hydrogen-bond acceptors (Lipinski definition) is 5. The van der Waals surface area contributed by atoms with Gasteiger partial charge in [0.2, 0.25) is 0 Å². The Morgan fingerprint density at radius 3 is 2.88 bits per heavy atom. The topological polar surface area (TPSA) is 70.8 Å². The van der Waals surface area contributed by atoms with Crippen molar-refractivity contribution < 1.29 is 19.1 Å². The molecule has 0 radical (unpaired) electrons. The Morgan fingerprint density at radius 2 is 2.24 bits per heavy atom. The first kappa shape index (κ1) is 13.5. The van der Waals surface area contributed by atoms with E-state index in [2.05, 4.69) is 4.84 Å². The van der Waals surface area contributed by atoms with Gasteiger partial charge in [0.15, 0.2) is 0 Å². The lowest BCUT2D eigenvalue weighted by atomic mass is 10.2. The fourth-order valence-corrected chi connectivity index (χ4v) is 1.38. The maximum absolute atomic E-state index is 10.1. The summed E-state index contributed by atoms with van der Waals surface area (Å²) in [7, 11) is 1.57. The first-order chi connectivity index (χ1) is 8.31. The molecule has 0 aliphatic carbocycles. The molecule has 0 bridgehead atoms. The summed E-state index contributed by atoms with van der Waals surface area (Å²) >= 11 is 0. The molecule has 0 aliphatic rings. The van der Waals surface area contributed by atoms with Crippen molar-refractivity contribution in [2.24, 2.45) is 5.90 Å². The standard InChI is InChI=1S/C12H17NO4/c1-15-12-8-11(16-7-3-2-6-14)5-4-10(12)9-17-13/h4-6,8H,2-3,7,9,13H2,1H3. The van der Waals surface area contributed by atoms with Crippen LogP contribution in [0.1, 0.15) is 18.4 Å². The number of carbonyl (C=O) groups is 1. The zero-order chi connectivity index (χ0) is 12.5. The van der Waals surface area contributed by atoms with Crippen LogP contribution >= 0.6 is 0 Å². The number of hydrogen-bond donors (Lipinski definition) is 1. The molecule has 0 unspecified atom stereocenters. The molecule has 0 aromatic heterocycles. The van der Waals surface area contributed by atoms with Gasteiger partial charge in [-0.1, -0.05) is 0 Å². The highest BCUT2D eigenvalue weighted by Crippen LogP contribution is 2.25. The maximum Gasteiger partial charge on any atom is 0.128 e. The second-order valence-electron chi connectivity index (χ2n) is 3.44. The Labute approximate surface area is 100 Å². The minimum absolute atomic E-state index is 0.286. The number of carbonyl (C=O) groups excluding carboxylic acids is 1. The zero-order valence-corrected chi connectivity index (χ0v) is 9.85. The molecular weight excluding hydrogens is 222 g/mol. The monoisotopic (exact) mass is 239 g/mol. The molecule has 2 N–H and O–H groups in total. The second kappa shape index (κ2) is 7.65. The van der Waals surface area contributed by atoms with Crippen molar-refractivity contribution in [2.75, 3.05) is 13.7 Å². The summed E-state index contributed by atoms with van der Waals surface area (Å²) in [6, 6.07) is 5.42. The van der Waals surface area contributed by atoms with Crippen molar-refractivity contribution >= 4 is 6.29 Å². The molecule has 0 spiro atoms. The van der Waals surface area contributed by atoms with Crippen LogP contribution in [0.3, 0.4) is 0 Å². The predicted octanol–water partition coefficient (Wildman–Crippen LogP) is 1.44. The average Bonchev–Trinajstić information content (AvgIpc) is 2.36. The van der Waals surface area contributed by atoms with Gasteiger partial charge in [0.05, 0.1) is 20.3 Å². The van der Waals surface area contributed by atoms with Gasteiger partial charge in [0, 0.05) is 18.1 Å². The first-order valence-corrected chi connectivity index (χ1v) is 5.37. The van der Waals surface area contributed by atoms with Crippen LogP contribution in [-0.2, 0) is 16.2 Å². The van der Waals surface area contributed by atoms with Crippen molar-refractivity contribution in [1.29, 1.82) is 0 Å². The van der Waals surface area contributed by atoms with E-state index in [4.69, 9.17) is 15.4 Å². The third-order valence-corrected chi connectivity index (χ3v) is 2.23. The molecule has 1 rings (SSSR count). The third-order valence-electron chi connectivity index (χ3n) is 2.23. The van der Waals surface area contributed by atoms with Crippen LogP contribution in [0.25, 0.3) is 0 Å². The highest BCUT2D eigenvalue weighted by atomic mass is 16.6. The van der Waals surface area contributed by atoms with Gasteiger partial charge in [0.1, 0.15) is 17.8 Å². The summed E-state index contributed by atoms with van der Waals surface area (Å²) in [5, 5.41) is 0. The van der Waals surface area contributed by atoms with E-state index in [0.717, 1.165) is 11.8 Å². The lowest BCUT2D eigenvalue weighted by molar-refractivity contribution is -0.108. The molecular formula is C12H17NO4. The summed E-state index contributed by atoms with van der Waals surface area (Å²) < 4.78 is 10.7. The first-order valence-electron chi connectivity index (χ1n) is 5.37. The lowest BCUT2D eigenvalue weighted by Crippen LogP contribution is -2.02. The molecule has 0 aliphatic heterocycles. The summed E-state index contributed by atoms with van der Waals surface area (Å²) in [6.07, 6.45) is 2.10. The Balaban J connectivity index is 2.58. The average molecular weight is 239 g/mol. The molecule has 1 aromatic carbocycles. The van der Waals surface area contributed by atoms with Crippen molar-refractivity contribution in [3.8, 4) is 11.5 Å². The van der Waals surface area contributed by atoms with Gasteiger partial charge in [-0.15, -0.1) is 0 Å². The molecule has 0 atom stereocenters. The normalized spacial score (nSPS) is 10.0. The predicted molar refractivity (Wildman–Crippen MR) is 62.8 cm³/mol. The summed E-state index contributed by atoms with van der Waals surface area (Å²) in [5.41, 5.74) is 0.857. The second-order valence-corrected chi connectivity index (χ2v) is 3.44. The highest BCUT2D eigenvalue weighted by molar-refractivity contribution is 5.49. The van der Waals surface area contributed by atoms with Gasteiger partial charge in [-0.25, -0.2) is 5.90 Å². The molecule has 0 heterocycles. The number of unbranched alkanes of at least 4 members (excludes halogenated alkanes) is 1. The van der Waals surface area contributed by atoms with Gasteiger partial charge >= 0.3 is 0 Å². The molecule has 0 saturated carbocycles. The number of ether oxygens (including phenoxy) is 2. The Bertz CT molecular complexity index is 354. The minimum atomic E-state index is 0.286. The van der Waals surface area contributed by atoms with E-state index in [9.17, 15) is 4.79 Å². The van der Waals surface area contributed by atoms with E-state index in [0.29, 0.717) is 30.9 Å². The van der Waals surface area contributed by atoms with Gasteiger partial charge in [-0.3, -0.25) is 4.84 Å². The minimum Gasteiger partial charge on any atom is -0.496 e. The quantitative estimate of drug-likeness (QED) is 0.422. The zero-order valence-electron chi connectivity index (χ0n) is 9.85. The Morgan fingerprint density at radius 1 is 1.41 bits per heavy atom. The summed E-state index contributed by atoms with van der Waals surface area (Å²) in [6.45, 7) is 0.795. The van der Waals surface area contributed by atoms with Crippen LogP contribution in [0.2, 0.25) is 0 Å². The van der Waals surface area contributed by atoms with E-state index >= 15 is 0 Å². The molecule has 0 fully saturated rings. The van der Waals surface area contributed by atoms with Crippen LogP contribution in [0.4, 0.5) is 0 Å². The van der Waals surface area contributed by atoms with E-state index in [1.165, 1.54) is 0 Å². The van der Waals surface area contributed by atoms with Crippen LogP contribution in [0.15, 0.2) is 18.2 Å². The number of methoxy groups -OCH3 is 1. The van der Waals surface area contributed by atoms with E-state index in [1.807, 2.05) is 12.1 Å². The van der Waals surface area contributed by atoms with Gasteiger partial charge in [0.25, 0.3) is 0 Å². The van der Waals surface area contributed by atoms with E-state index in [1.54, 1.807) is 13.2 Å². The molecule has 5 heteroatoms. The van der Waals surface area contributed by atoms with Crippen LogP contribution in [0.5, 0.6) is 11.5 Å². The van der Waals surface area contributed by atoms with Gasteiger partial charge in [-0.2, -0.15) is 0 Å². The largest absolute Gasteiger partial charge is 0.496 e. The molecule has 0 amide bonds. The smallest absolute Gasteiger partial charge is 0.128 e. The third kappa shape index (κ3) is 4.42. The number of rotatable bonds is 8. The Hall–Kier alpha value is -1.59. The summed E-state index contributed by atoms with van der Waals surface area (Å²) in [5.74, 6) is 6.39. The van der Waals surface area contributed by atoms with Gasteiger partial charge in [-0.05, 0) is 18.6 Å². The fourth-order valence-electron chi connectivity index (χ4n) is 1.38. The SMILES string of the molecule is COc1cc(OCCCC=O)ccc1CON. The highest BCUT2D eigenvalue weighted by Gasteiger charge is 2.05. The van der Waals surface area contributed by atoms with E-state index < -0.39 is 0 Å². The maximum atomic E-state index is 10.1. The van der Waals surface area contributed by atoms with Crippen molar-refractivity contribution in [3.63, 3.8) is 0 Å². The molecule has 0 saturated heterocycles. The van der Waals surface area contributed by atoms with Crippen LogP contribution in [-0.4, -0.2) is 20.0 Å². The molecule has 17 heavy (non-hydrogen) atoms. The lowest BCUT2D eigenvalue weighted by Gasteiger charge is -2.10. The van der Waals surface area contributed by atoms with Gasteiger partial charge < -0.3 is 14.3 Å². The Kier molecular flexibility index (Phi) is 6.06. The fraction of sp³-hybridized carbons (Fsp3) is 0.417. The van der Waals surface area contributed by atoms with Crippen LogP contribution in [0, 0.1) is 0 Å². The number of aldehydes is 1. The number of nitrogens with two attached hydrogens (primary N) is 1. The molecule has 94 valence electrons. The molecule has 5 nitrogen and oxygen atoms in total. The summed E-state index contributed by atoms with van der Waals surface area (Å²) in [4.78, 5) is 14.7. The van der Waals surface area contributed by atoms with E-state index in [-0.39, 0.29) is 6.61 Å². The van der Waals surface area contributed by atoms with Crippen LogP contribution < -0.4 is 15.4 Å². The number of benzene rings is 1. The van der Waals surface area contributed by atoms with Crippen molar-refractivity contribution in [1.82, 2.24) is 0 Å². The van der Waals surface area contributed by atoms with Crippen molar-refractivity contribution in [3.05, 3.63) is 23.8 Å². The van der Waals surface area contributed by atoms with Crippen molar-refractivity contribution in [2.45, 2.75) is 19.4 Å². The molecule has 1 aromatic rings.